The molecule has 3 rings (SSSR count). The van der Waals surface area contributed by atoms with Crippen molar-refractivity contribution >= 4 is 0 Å². The first kappa shape index (κ1) is 11.5. The Balaban J connectivity index is 1.89. The summed E-state index contributed by atoms with van der Waals surface area (Å²) in [6.07, 6.45) is 0. The Labute approximate surface area is 113 Å². The van der Waals surface area contributed by atoms with Gasteiger partial charge in [-0.05, 0) is 41.5 Å². The number of rotatable bonds is 3. The second kappa shape index (κ2) is 5.40. The SMILES string of the molecule is [c]1cccc(Oc2cccc(-c3ccccc3)c2)c1. The van der Waals surface area contributed by atoms with Crippen molar-refractivity contribution in [3.8, 4) is 22.6 Å². The number of hydrogen-bond donors (Lipinski definition) is 0. The highest BCUT2D eigenvalue weighted by Crippen LogP contribution is 2.26. The summed E-state index contributed by atoms with van der Waals surface area (Å²) in [7, 11) is 0. The first-order valence-corrected chi connectivity index (χ1v) is 6.21. The maximum Gasteiger partial charge on any atom is 0.128 e. The lowest BCUT2D eigenvalue weighted by atomic mass is 10.1. The standard InChI is InChI=1S/C18H13O/c1-3-8-15(9-4-1)16-10-7-13-18(14-16)19-17-11-5-2-6-12-17/h1-5,7-14H. The van der Waals surface area contributed by atoms with Gasteiger partial charge in [-0.2, -0.15) is 0 Å². The highest BCUT2D eigenvalue weighted by molar-refractivity contribution is 5.65. The molecule has 0 fully saturated rings. The van der Waals surface area contributed by atoms with Crippen LogP contribution in [0.1, 0.15) is 0 Å². The maximum atomic E-state index is 5.81. The molecule has 1 heteroatoms. The van der Waals surface area contributed by atoms with E-state index in [0.717, 1.165) is 17.1 Å². The molecule has 0 unspecified atom stereocenters. The summed E-state index contributed by atoms with van der Waals surface area (Å²) in [6, 6.07) is 28.9. The van der Waals surface area contributed by atoms with E-state index < -0.39 is 0 Å². The van der Waals surface area contributed by atoms with Crippen LogP contribution in [0.4, 0.5) is 0 Å². The topological polar surface area (TPSA) is 9.23 Å². The van der Waals surface area contributed by atoms with Gasteiger partial charge in [-0.1, -0.05) is 54.6 Å². The fourth-order valence-electron chi connectivity index (χ4n) is 1.95. The van der Waals surface area contributed by atoms with Gasteiger partial charge in [0, 0.05) is 0 Å². The Morgan fingerprint density at radius 3 is 2.26 bits per heavy atom. The van der Waals surface area contributed by atoms with Gasteiger partial charge in [0.05, 0.1) is 0 Å². The van der Waals surface area contributed by atoms with Crippen LogP contribution in [0.5, 0.6) is 11.5 Å². The molecule has 0 N–H and O–H groups in total. The quantitative estimate of drug-likeness (QED) is 0.634. The van der Waals surface area contributed by atoms with E-state index in [9.17, 15) is 0 Å². The fourth-order valence-corrected chi connectivity index (χ4v) is 1.95. The maximum absolute atomic E-state index is 5.81. The smallest absolute Gasteiger partial charge is 0.128 e. The molecule has 0 bridgehead atoms. The monoisotopic (exact) mass is 245 g/mol. The van der Waals surface area contributed by atoms with Crippen LogP contribution >= 0.6 is 0 Å². The summed E-state index contributed by atoms with van der Waals surface area (Å²) in [5.74, 6) is 1.63. The van der Waals surface area contributed by atoms with Gasteiger partial charge in [0.2, 0.25) is 0 Å². The van der Waals surface area contributed by atoms with E-state index in [-0.39, 0.29) is 0 Å². The van der Waals surface area contributed by atoms with Crippen molar-refractivity contribution in [3.63, 3.8) is 0 Å². The molecule has 0 aliphatic rings. The third kappa shape index (κ3) is 2.83. The Morgan fingerprint density at radius 1 is 0.684 bits per heavy atom. The Morgan fingerprint density at radius 2 is 1.47 bits per heavy atom. The second-order valence-corrected chi connectivity index (χ2v) is 4.24. The van der Waals surface area contributed by atoms with Gasteiger partial charge >= 0.3 is 0 Å². The fraction of sp³-hybridized carbons (Fsp3) is 0. The van der Waals surface area contributed by atoms with Crippen LogP contribution in [0, 0.1) is 6.07 Å². The van der Waals surface area contributed by atoms with Crippen LogP contribution < -0.4 is 4.74 Å². The molecule has 3 aromatic carbocycles. The molecule has 0 saturated carbocycles. The highest BCUT2D eigenvalue weighted by atomic mass is 16.5. The van der Waals surface area contributed by atoms with E-state index in [2.05, 4.69) is 24.3 Å². The summed E-state index contributed by atoms with van der Waals surface area (Å²) >= 11 is 0. The van der Waals surface area contributed by atoms with E-state index in [0.29, 0.717) is 0 Å². The summed E-state index contributed by atoms with van der Waals surface area (Å²) in [5.41, 5.74) is 2.34. The van der Waals surface area contributed by atoms with Crippen molar-refractivity contribution in [2.75, 3.05) is 0 Å². The molecule has 0 aliphatic heterocycles. The minimum atomic E-state index is 0.799. The van der Waals surface area contributed by atoms with E-state index in [1.807, 2.05) is 60.7 Å². The van der Waals surface area contributed by atoms with Gasteiger partial charge in [0.1, 0.15) is 11.5 Å². The lowest BCUT2D eigenvalue weighted by Crippen LogP contribution is -1.84. The van der Waals surface area contributed by atoms with Crippen LogP contribution in [0.3, 0.4) is 0 Å². The molecular formula is C18H13O. The zero-order valence-electron chi connectivity index (χ0n) is 10.4. The van der Waals surface area contributed by atoms with Crippen molar-refractivity contribution in [3.05, 3.63) is 84.9 Å². The number of hydrogen-bond acceptors (Lipinski definition) is 1. The first-order valence-electron chi connectivity index (χ1n) is 6.21. The van der Waals surface area contributed by atoms with Crippen LogP contribution in [-0.2, 0) is 0 Å². The molecule has 0 atom stereocenters. The molecule has 0 aliphatic carbocycles. The molecule has 1 nitrogen and oxygen atoms in total. The minimum Gasteiger partial charge on any atom is -0.457 e. The molecule has 3 aromatic rings. The molecule has 0 saturated heterocycles. The van der Waals surface area contributed by atoms with Gasteiger partial charge < -0.3 is 4.74 Å². The molecular weight excluding hydrogens is 232 g/mol. The van der Waals surface area contributed by atoms with Crippen LogP contribution in [0.15, 0.2) is 78.9 Å². The van der Waals surface area contributed by atoms with E-state index in [1.165, 1.54) is 5.56 Å². The van der Waals surface area contributed by atoms with Gasteiger partial charge in [-0.25, -0.2) is 0 Å². The lowest BCUT2D eigenvalue weighted by Gasteiger charge is -2.07. The summed E-state index contributed by atoms with van der Waals surface area (Å²) in [5, 5.41) is 0. The van der Waals surface area contributed by atoms with Gasteiger partial charge in [-0.3, -0.25) is 0 Å². The molecule has 0 heterocycles. The predicted molar refractivity (Wildman–Crippen MR) is 77.2 cm³/mol. The molecule has 0 amide bonds. The van der Waals surface area contributed by atoms with Crippen LogP contribution in [0.25, 0.3) is 11.1 Å². The van der Waals surface area contributed by atoms with Crippen molar-refractivity contribution in [2.24, 2.45) is 0 Å². The highest BCUT2D eigenvalue weighted by Gasteiger charge is 2.00. The molecule has 1 radical (unpaired) electrons. The lowest BCUT2D eigenvalue weighted by molar-refractivity contribution is 0.483. The van der Waals surface area contributed by atoms with Crippen LogP contribution in [0.2, 0.25) is 0 Å². The first-order chi connectivity index (χ1) is 9.42. The largest absolute Gasteiger partial charge is 0.457 e. The number of ether oxygens (including phenoxy) is 1. The molecule has 19 heavy (non-hydrogen) atoms. The van der Waals surface area contributed by atoms with E-state index in [1.54, 1.807) is 0 Å². The molecule has 91 valence electrons. The van der Waals surface area contributed by atoms with Crippen LogP contribution in [-0.4, -0.2) is 0 Å². The third-order valence-corrected chi connectivity index (χ3v) is 2.86. The number of benzene rings is 3. The molecule has 0 spiro atoms. The van der Waals surface area contributed by atoms with Gasteiger partial charge in [-0.15, -0.1) is 0 Å². The van der Waals surface area contributed by atoms with Gasteiger partial charge in [0.25, 0.3) is 0 Å². The predicted octanol–water partition coefficient (Wildman–Crippen LogP) is 4.95. The molecule has 0 aromatic heterocycles. The average Bonchev–Trinajstić information content (AvgIpc) is 2.49. The Kier molecular flexibility index (Phi) is 3.28. The summed E-state index contributed by atoms with van der Waals surface area (Å²) in [4.78, 5) is 0. The Bertz CT molecular complexity index is 645. The minimum absolute atomic E-state index is 0.799. The van der Waals surface area contributed by atoms with E-state index >= 15 is 0 Å². The zero-order chi connectivity index (χ0) is 12.9. The Hall–Kier alpha value is -2.54. The van der Waals surface area contributed by atoms with Crippen molar-refractivity contribution in [2.45, 2.75) is 0 Å². The van der Waals surface area contributed by atoms with Crippen molar-refractivity contribution in [1.29, 1.82) is 0 Å². The normalized spacial score (nSPS) is 10.1. The van der Waals surface area contributed by atoms with Crippen molar-refractivity contribution in [1.82, 2.24) is 0 Å². The third-order valence-electron chi connectivity index (χ3n) is 2.86. The van der Waals surface area contributed by atoms with Gasteiger partial charge in [0.15, 0.2) is 0 Å². The second-order valence-electron chi connectivity index (χ2n) is 4.24. The summed E-state index contributed by atoms with van der Waals surface area (Å²) in [6.45, 7) is 0. The average molecular weight is 245 g/mol. The zero-order valence-corrected chi connectivity index (χ0v) is 10.4. The van der Waals surface area contributed by atoms with E-state index in [4.69, 9.17) is 4.74 Å². The summed E-state index contributed by atoms with van der Waals surface area (Å²) < 4.78 is 5.81. The van der Waals surface area contributed by atoms with Crippen molar-refractivity contribution < 1.29 is 4.74 Å².